The van der Waals surface area contributed by atoms with Crippen molar-refractivity contribution in [2.45, 2.75) is 0 Å². The number of amides is 1. The minimum absolute atomic E-state index is 0.0638. The van der Waals surface area contributed by atoms with Gasteiger partial charge in [0.1, 0.15) is 5.69 Å². The zero-order chi connectivity index (χ0) is 10.7. The van der Waals surface area contributed by atoms with E-state index in [1.807, 2.05) is 0 Å². The maximum atomic E-state index is 11.5. The molecule has 6 nitrogen and oxygen atoms in total. The number of carbonyl (C=O) groups excluding carboxylic acids is 1. The van der Waals surface area contributed by atoms with Crippen LogP contribution in [0.15, 0.2) is 28.8 Å². The first-order valence-corrected chi connectivity index (χ1v) is 4.89. The fraction of sp³-hybridized carbons (Fsp3) is 0. The molecule has 2 rings (SSSR count). The molecule has 15 heavy (non-hydrogen) atoms. The van der Waals surface area contributed by atoms with Gasteiger partial charge in [-0.25, -0.2) is 9.97 Å². The Hall–Kier alpha value is -2.02. The number of thiazole rings is 1. The maximum Gasteiger partial charge on any atom is 0.276 e. The predicted molar refractivity (Wildman–Crippen MR) is 54.9 cm³/mol. The molecule has 0 fully saturated rings. The van der Waals surface area contributed by atoms with Gasteiger partial charge < -0.3 is 4.98 Å². The minimum Gasteiger partial charge on any atom is -0.313 e. The van der Waals surface area contributed by atoms with Crippen LogP contribution in [0, 0.1) is 0 Å². The molecule has 7 heteroatoms. The van der Waals surface area contributed by atoms with Gasteiger partial charge in [-0.1, -0.05) is 0 Å². The topological polar surface area (TPSA) is 87.7 Å². The number of hydrogen-bond acceptors (Lipinski definition) is 5. The molecule has 0 aliphatic heterocycles. The van der Waals surface area contributed by atoms with Crippen molar-refractivity contribution in [3.63, 3.8) is 0 Å². The molecule has 0 bridgehead atoms. The summed E-state index contributed by atoms with van der Waals surface area (Å²) in [6.45, 7) is 0. The smallest absolute Gasteiger partial charge is 0.276 e. The molecule has 2 heterocycles. The van der Waals surface area contributed by atoms with Gasteiger partial charge in [0, 0.05) is 17.6 Å². The van der Waals surface area contributed by atoms with E-state index in [0.29, 0.717) is 5.13 Å². The predicted octanol–water partition coefficient (Wildman–Crippen LogP) is 0.479. The molecule has 0 aromatic carbocycles. The van der Waals surface area contributed by atoms with E-state index in [-0.39, 0.29) is 11.3 Å². The van der Waals surface area contributed by atoms with Crippen molar-refractivity contribution in [1.82, 2.24) is 15.0 Å². The van der Waals surface area contributed by atoms with Crippen LogP contribution in [0.4, 0.5) is 5.13 Å². The van der Waals surface area contributed by atoms with Crippen molar-refractivity contribution in [1.29, 1.82) is 0 Å². The molecule has 0 aliphatic carbocycles. The number of aromatic nitrogens is 3. The van der Waals surface area contributed by atoms with E-state index in [4.69, 9.17) is 0 Å². The number of anilines is 1. The molecule has 0 spiro atoms. The molecule has 0 saturated carbocycles. The number of hydrogen-bond donors (Lipinski definition) is 2. The molecule has 0 saturated heterocycles. The van der Waals surface area contributed by atoms with Gasteiger partial charge in [0.05, 0.1) is 6.33 Å². The van der Waals surface area contributed by atoms with Gasteiger partial charge in [-0.2, -0.15) is 0 Å². The number of aromatic amines is 1. The van der Waals surface area contributed by atoms with Crippen LogP contribution in [0.3, 0.4) is 0 Å². The fourth-order valence-corrected chi connectivity index (χ4v) is 1.46. The highest BCUT2D eigenvalue weighted by Crippen LogP contribution is 2.10. The van der Waals surface area contributed by atoms with Crippen LogP contribution in [-0.4, -0.2) is 20.9 Å². The summed E-state index contributed by atoms with van der Waals surface area (Å²) in [5, 5.41) is 4.73. The lowest BCUT2D eigenvalue weighted by Gasteiger charge is -1.98. The summed E-state index contributed by atoms with van der Waals surface area (Å²) in [4.78, 5) is 32.3. The van der Waals surface area contributed by atoms with E-state index in [1.165, 1.54) is 17.7 Å². The van der Waals surface area contributed by atoms with Gasteiger partial charge in [0.15, 0.2) is 5.13 Å². The molecule has 1 amide bonds. The Labute approximate surface area is 88.0 Å². The highest BCUT2D eigenvalue weighted by molar-refractivity contribution is 7.13. The average molecular weight is 222 g/mol. The third-order valence-corrected chi connectivity index (χ3v) is 2.25. The third kappa shape index (κ3) is 2.26. The molecule has 2 aromatic rings. The third-order valence-electron chi connectivity index (χ3n) is 1.56. The highest BCUT2D eigenvalue weighted by Gasteiger charge is 2.08. The van der Waals surface area contributed by atoms with Crippen molar-refractivity contribution in [2.24, 2.45) is 0 Å². The lowest BCUT2D eigenvalue weighted by Crippen LogP contribution is -2.17. The van der Waals surface area contributed by atoms with Crippen molar-refractivity contribution >= 4 is 22.4 Å². The van der Waals surface area contributed by atoms with Crippen molar-refractivity contribution in [3.8, 4) is 0 Å². The van der Waals surface area contributed by atoms with Crippen molar-refractivity contribution in [2.75, 3.05) is 5.32 Å². The summed E-state index contributed by atoms with van der Waals surface area (Å²) in [5.74, 6) is -0.448. The standard InChI is InChI=1S/C8H6N4O2S/c13-6-3-5(10-4-11-6)7(14)12-8-9-1-2-15-8/h1-4H,(H,9,12,14)(H,10,11,13). The zero-order valence-electron chi connectivity index (χ0n) is 7.43. The first-order valence-electron chi connectivity index (χ1n) is 4.01. The Bertz CT molecular complexity index is 519. The normalized spacial score (nSPS) is 9.87. The minimum atomic E-state index is -0.448. The second kappa shape index (κ2) is 4.01. The van der Waals surface area contributed by atoms with E-state index < -0.39 is 5.91 Å². The summed E-state index contributed by atoms with van der Waals surface area (Å²) in [6, 6.07) is 1.13. The molecular formula is C8H6N4O2S. The lowest BCUT2D eigenvalue weighted by atomic mass is 10.4. The number of nitrogens with one attached hydrogen (secondary N) is 2. The molecule has 0 aliphatic rings. The number of nitrogens with zero attached hydrogens (tertiary/aromatic N) is 2. The molecular weight excluding hydrogens is 216 g/mol. The SMILES string of the molecule is O=C(Nc1nccs1)c1cc(=O)[nH]cn1. The highest BCUT2D eigenvalue weighted by atomic mass is 32.1. The van der Waals surface area contributed by atoms with Crippen LogP contribution < -0.4 is 10.9 Å². The van der Waals surface area contributed by atoms with Crippen LogP contribution in [0.2, 0.25) is 0 Å². The fourth-order valence-electron chi connectivity index (χ4n) is 0.939. The number of rotatable bonds is 2. The quantitative estimate of drug-likeness (QED) is 0.773. The summed E-state index contributed by atoms with van der Waals surface area (Å²) in [7, 11) is 0. The molecule has 0 unspecified atom stereocenters. The van der Waals surface area contributed by atoms with Crippen LogP contribution in [0.25, 0.3) is 0 Å². The van der Waals surface area contributed by atoms with Crippen LogP contribution >= 0.6 is 11.3 Å². The van der Waals surface area contributed by atoms with Gasteiger partial charge >= 0.3 is 0 Å². The first-order chi connectivity index (χ1) is 7.25. The van der Waals surface area contributed by atoms with Crippen LogP contribution in [0.5, 0.6) is 0 Å². The average Bonchev–Trinajstić information content (AvgIpc) is 2.70. The Kier molecular flexibility index (Phi) is 2.55. The Morgan fingerprint density at radius 3 is 3.00 bits per heavy atom. The molecule has 0 atom stereocenters. The van der Waals surface area contributed by atoms with Gasteiger partial charge in [0.2, 0.25) is 0 Å². The maximum absolute atomic E-state index is 11.5. The molecule has 2 N–H and O–H groups in total. The van der Waals surface area contributed by atoms with Gasteiger partial charge in [0.25, 0.3) is 11.5 Å². The molecule has 2 aromatic heterocycles. The second-order valence-corrected chi connectivity index (χ2v) is 3.48. The van der Waals surface area contributed by atoms with E-state index in [2.05, 4.69) is 20.3 Å². The van der Waals surface area contributed by atoms with E-state index in [1.54, 1.807) is 11.6 Å². The Morgan fingerprint density at radius 2 is 2.33 bits per heavy atom. The Balaban J connectivity index is 2.18. The van der Waals surface area contributed by atoms with Crippen LogP contribution in [-0.2, 0) is 0 Å². The van der Waals surface area contributed by atoms with E-state index in [0.717, 1.165) is 6.07 Å². The Morgan fingerprint density at radius 1 is 1.47 bits per heavy atom. The summed E-state index contributed by atoms with van der Waals surface area (Å²) < 4.78 is 0. The first kappa shape index (κ1) is 9.53. The molecule has 76 valence electrons. The molecule has 0 radical (unpaired) electrons. The van der Waals surface area contributed by atoms with Gasteiger partial charge in [-0.15, -0.1) is 11.3 Å². The summed E-state index contributed by atoms with van der Waals surface area (Å²) in [6.07, 6.45) is 2.75. The number of H-pyrrole nitrogens is 1. The van der Waals surface area contributed by atoms with Crippen LogP contribution in [0.1, 0.15) is 10.5 Å². The van der Waals surface area contributed by atoms with E-state index >= 15 is 0 Å². The summed E-state index contributed by atoms with van der Waals surface area (Å²) >= 11 is 1.29. The largest absolute Gasteiger partial charge is 0.313 e. The van der Waals surface area contributed by atoms with Crippen molar-refractivity contribution in [3.05, 3.63) is 40.0 Å². The second-order valence-electron chi connectivity index (χ2n) is 2.59. The summed E-state index contributed by atoms with van der Waals surface area (Å²) in [5.41, 5.74) is -0.303. The lowest BCUT2D eigenvalue weighted by molar-refractivity contribution is 0.102. The van der Waals surface area contributed by atoms with Gasteiger partial charge in [-0.05, 0) is 0 Å². The van der Waals surface area contributed by atoms with Crippen molar-refractivity contribution < 1.29 is 4.79 Å². The number of carbonyl (C=O) groups is 1. The monoisotopic (exact) mass is 222 g/mol. The van der Waals surface area contributed by atoms with Gasteiger partial charge in [-0.3, -0.25) is 14.9 Å². The zero-order valence-corrected chi connectivity index (χ0v) is 8.25. The van der Waals surface area contributed by atoms with E-state index in [9.17, 15) is 9.59 Å².